The average Bonchev–Trinajstić information content (AvgIpc) is 3.18. The van der Waals surface area contributed by atoms with Gasteiger partial charge in [-0.1, -0.05) is 26.0 Å². The van der Waals surface area contributed by atoms with E-state index in [1.165, 1.54) is 5.56 Å². The molecule has 1 amide bonds. The summed E-state index contributed by atoms with van der Waals surface area (Å²) < 4.78 is 10.6. The number of aryl methyl sites for hydroxylation is 1. The van der Waals surface area contributed by atoms with Crippen molar-refractivity contribution in [1.29, 1.82) is 0 Å². The van der Waals surface area contributed by atoms with Crippen LogP contribution in [-0.4, -0.2) is 17.7 Å². The molecule has 2 N–H and O–H groups in total. The second-order valence-electron chi connectivity index (χ2n) is 7.59. The lowest BCUT2D eigenvalue weighted by molar-refractivity contribution is -0.121. The van der Waals surface area contributed by atoms with Crippen molar-refractivity contribution in [3.8, 4) is 11.5 Å². The highest BCUT2D eigenvalue weighted by Crippen LogP contribution is 2.32. The number of rotatable bonds is 6. The summed E-state index contributed by atoms with van der Waals surface area (Å²) in [5, 5.41) is 3.89. The van der Waals surface area contributed by atoms with Crippen molar-refractivity contribution in [3.05, 3.63) is 69.5 Å². The van der Waals surface area contributed by atoms with Gasteiger partial charge in [0.15, 0.2) is 11.5 Å². The molecule has 2 aromatic carbocycles. The highest BCUT2D eigenvalue weighted by Gasteiger charge is 2.13. The van der Waals surface area contributed by atoms with Crippen LogP contribution in [0.1, 0.15) is 42.9 Å². The molecule has 6 heteroatoms. The number of amides is 1. The van der Waals surface area contributed by atoms with Gasteiger partial charge in [0.2, 0.25) is 12.7 Å². The highest BCUT2D eigenvalue weighted by molar-refractivity contribution is 5.80. The van der Waals surface area contributed by atoms with Crippen LogP contribution in [0.4, 0.5) is 0 Å². The van der Waals surface area contributed by atoms with Crippen LogP contribution in [0.25, 0.3) is 10.9 Å². The molecule has 1 aliphatic heterocycles. The summed E-state index contributed by atoms with van der Waals surface area (Å²) in [4.78, 5) is 27.5. The van der Waals surface area contributed by atoms with Crippen LogP contribution >= 0.6 is 0 Å². The lowest BCUT2D eigenvalue weighted by Gasteiger charge is -2.09. The quantitative estimate of drug-likeness (QED) is 0.671. The number of aromatic amines is 1. The molecule has 0 spiro atoms. The van der Waals surface area contributed by atoms with Crippen LogP contribution in [0.5, 0.6) is 11.5 Å². The van der Waals surface area contributed by atoms with E-state index in [1.807, 2.05) is 36.4 Å². The Morgan fingerprint density at radius 3 is 2.76 bits per heavy atom. The molecule has 3 aromatic rings. The molecule has 0 saturated carbocycles. The van der Waals surface area contributed by atoms with Gasteiger partial charge >= 0.3 is 0 Å². The van der Waals surface area contributed by atoms with Crippen molar-refractivity contribution in [2.45, 2.75) is 39.2 Å². The van der Waals surface area contributed by atoms with E-state index in [9.17, 15) is 9.59 Å². The zero-order valence-corrected chi connectivity index (χ0v) is 16.6. The number of ether oxygens (including phenoxy) is 2. The number of H-pyrrole nitrogens is 1. The van der Waals surface area contributed by atoms with Gasteiger partial charge in [-0.05, 0) is 59.2 Å². The third kappa shape index (κ3) is 4.26. The minimum atomic E-state index is -0.140. The van der Waals surface area contributed by atoms with E-state index in [4.69, 9.17) is 9.47 Å². The van der Waals surface area contributed by atoms with Gasteiger partial charge in [-0.3, -0.25) is 9.59 Å². The number of pyridine rings is 1. The molecule has 150 valence electrons. The minimum absolute atomic E-state index is 0.0990. The van der Waals surface area contributed by atoms with Gasteiger partial charge in [0, 0.05) is 24.0 Å². The predicted octanol–water partition coefficient (Wildman–Crippen LogP) is 3.63. The zero-order chi connectivity index (χ0) is 20.4. The van der Waals surface area contributed by atoms with Gasteiger partial charge < -0.3 is 19.8 Å². The number of carbonyl (C=O) groups is 1. The molecule has 2 heterocycles. The molecule has 0 radical (unpaired) electrons. The van der Waals surface area contributed by atoms with E-state index in [-0.39, 0.29) is 24.7 Å². The molecule has 0 fully saturated rings. The summed E-state index contributed by atoms with van der Waals surface area (Å²) in [6.07, 6.45) is 0.646. The van der Waals surface area contributed by atoms with Gasteiger partial charge in [0.1, 0.15) is 0 Å². The second-order valence-corrected chi connectivity index (χ2v) is 7.59. The lowest BCUT2D eigenvalue weighted by Crippen LogP contribution is -2.24. The van der Waals surface area contributed by atoms with Gasteiger partial charge in [0.25, 0.3) is 5.56 Å². The highest BCUT2D eigenvalue weighted by atomic mass is 16.7. The fraction of sp³-hybridized carbons (Fsp3) is 0.304. The summed E-state index contributed by atoms with van der Waals surface area (Å²) in [6.45, 7) is 4.90. The van der Waals surface area contributed by atoms with Crippen molar-refractivity contribution in [2.24, 2.45) is 0 Å². The Balaban J connectivity index is 1.38. The lowest BCUT2D eigenvalue weighted by atomic mass is 10.00. The summed E-state index contributed by atoms with van der Waals surface area (Å²) in [5.41, 5.74) is 3.45. The first-order chi connectivity index (χ1) is 14.0. The van der Waals surface area contributed by atoms with Crippen molar-refractivity contribution in [2.75, 3.05) is 6.79 Å². The average molecular weight is 392 g/mol. The Labute approximate surface area is 168 Å². The number of aromatic nitrogens is 1. The van der Waals surface area contributed by atoms with Crippen molar-refractivity contribution < 1.29 is 14.3 Å². The first-order valence-corrected chi connectivity index (χ1v) is 9.80. The first-order valence-electron chi connectivity index (χ1n) is 9.80. The Kier molecular flexibility index (Phi) is 5.25. The van der Waals surface area contributed by atoms with Crippen molar-refractivity contribution >= 4 is 16.8 Å². The van der Waals surface area contributed by atoms with Gasteiger partial charge in [-0.25, -0.2) is 0 Å². The molecule has 29 heavy (non-hydrogen) atoms. The standard InChI is InChI=1S/C23H24N2O4/c1-14(2)16-4-6-19-18(10-16)11-17(23(27)25-19)5-8-22(26)24-12-15-3-7-20-21(9-15)29-13-28-20/h3-4,6-7,9-11,14H,5,8,12-13H2,1-2H3,(H,24,26)(H,25,27). The Hall–Kier alpha value is -3.28. The number of fused-ring (bicyclic) bond motifs is 2. The third-order valence-corrected chi connectivity index (χ3v) is 5.16. The van der Waals surface area contributed by atoms with Gasteiger partial charge in [-0.15, -0.1) is 0 Å². The summed E-state index contributed by atoms with van der Waals surface area (Å²) in [7, 11) is 0. The molecular weight excluding hydrogens is 368 g/mol. The predicted molar refractivity (Wildman–Crippen MR) is 111 cm³/mol. The van der Waals surface area contributed by atoms with Crippen LogP contribution in [0, 0.1) is 0 Å². The fourth-order valence-corrected chi connectivity index (χ4v) is 3.40. The van der Waals surface area contributed by atoms with E-state index < -0.39 is 0 Å². The molecular formula is C23H24N2O4. The maximum Gasteiger partial charge on any atom is 0.251 e. The zero-order valence-electron chi connectivity index (χ0n) is 16.6. The number of nitrogens with one attached hydrogen (secondary N) is 2. The summed E-state index contributed by atoms with van der Waals surface area (Å²) in [6, 6.07) is 13.6. The topological polar surface area (TPSA) is 80.4 Å². The largest absolute Gasteiger partial charge is 0.454 e. The number of carbonyl (C=O) groups excluding carboxylic acids is 1. The Morgan fingerprint density at radius 1 is 1.10 bits per heavy atom. The Bertz CT molecular complexity index is 1120. The van der Waals surface area contributed by atoms with E-state index in [2.05, 4.69) is 30.2 Å². The van der Waals surface area contributed by atoms with E-state index in [0.29, 0.717) is 30.2 Å². The molecule has 0 aliphatic carbocycles. The minimum Gasteiger partial charge on any atom is -0.454 e. The monoisotopic (exact) mass is 392 g/mol. The maximum absolute atomic E-state index is 12.3. The van der Waals surface area contributed by atoms with Gasteiger partial charge in [0.05, 0.1) is 0 Å². The normalized spacial score (nSPS) is 12.5. The first kappa shape index (κ1) is 19.1. The molecule has 1 aliphatic rings. The molecule has 1 aromatic heterocycles. The van der Waals surface area contributed by atoms with Crippen molar-refractivity contribution in [3.63, 3.8) is 0 Å². The molecule has 0 atom stereocenters. The smallest absolute Gasteiger partial charge is 0.251 e. The molecule has 4 rings (SSSR count). The fourth-order valence-electron chi connectivity index (χ4n) is 3.40. The van der Waals surface area contributed by atoms with Crippen LogP contribution in [0.3, 0.4) is 0 Å². The van der Waals surface area contributed by atoms with Crippen LogP contribution in [0.15, 0.2) is 47.3 Å². The molecule has 0 bridgehead atoms. The SMILES string of the molecule is CC(C)c1ccc2[nH]c(=O)c(CCC(=O)NCc3ccc4c(c3)OCO4)cc2c1. The van der Waals surface area contributed by atoms with E-state index in [0.717, 1.165) is 22.2 Å². The number of benzene rings is 2. The maximum atomic E-state index is 12.3. The number of hydrogen-bond donors (Lipinski definition) is 2. The van der Waals surface area contributed by atoms with Crippen LogP contribution in [0.2, 0.25) is 0 Å². The Morgan fingerprint density at radius 2 is 1.93 bits per heavy atom. The number of hydrogen-bond acceptors (Lipinski definition) is 4. The summed E-state index contributed by atoms with van der Waals surface area (Å²) >= 11 is 0. The molecule has 0 unspecified atom stereocenters. The van der Waals surface area contributed by atoms with E-state index in [1.54, 1.807) is 0 Å². The van der Waals surface area contributed by atoms with E-state index >= 15 is 0 Å². The second kappa shape index (κ2) is 7.99. The van der Waals surface area contributed by atoms with Gasteiger partial charge in [-0.2, -0.15) is 0 Å². The van der Waals surface area contributed by atoms with Crippen molar-refractivity contribution in [1.82, 2.24) is 10.3 Å². The summed E-state index contributed by atoms with van der Waals surface area (Å²) in [5.74, 6) is 1.73. The van der Waals surface area contributed by atoms with Crippen LogP contribution in [-0.2, 0) is 17.8 Å². The third-order valence-electron chi connectivity index (χ3n) is 5.16. The molecule has 0 saturated heterocycles. The molecule has 6 nitrogen and oxygen atoms in total. The van der Waals surface area contributed by atoms with Crippen LogP contribution < -0.4 is 20.3 Å².